The summed E-state index contributed by atoms with van der Waals surface area (Å²) in [5.74, 6) is 0.595. The predicted octanol–water partition coefficient (Wildman–Crippen LogP) is 3.38. The lowest BCUT2D eigenvalue weighted by Gasteiger charge is -2.35. The average Bonchev–Trinajstić information content (AvgIpc) is 2.97. The minimum absolute atomic E-state index is 0.00341. The number of para-hydroxylation sites is 2. The zero-order chi connectivity index (χ0) is 27.0. The first-order valence-electron chi connectivity index (χ1n) is 13.3. The van der Waals surface area contributed by atoms with Crippen molar-refractivity contribution in [3.8, 4) is 5.75 Å². The van der Waals surface area contributed by atoms with E-state index in [1.165, 1.54) is 9.79 Å². The van der Waals surface area contributed by atoms with Gasteiger partial charge in [-0.25, -0.2) is 0 Å². The number of carbonyl (C=O) groups is 1. The highest BCUT2D eigenvalue weighted by Gasteiger charge is 2.25. The molecular formula is C30H35N3O5S. The van der Waals surface area contributed by atoms with E-state index < -0.39 is 6.10 Å². The Morgan fingerprint density at radius 3 is 2.26 bits per heavy atom. The monoisotopic (exact) mass is 549 g/mol. The van der Waals surface area contributed by atoms with Crippen LogP contribution in [-0.4, -0.2) is 91.2 Å². The van der Waals surface area contributed by atoms with Gasteiger partial charge in [0.15, 0.2) is 6.61 Å². The van der Waals surface area contributed by atoms with Gasteiger partial charge in [-0.1, -0.05) is 48.2 Å². The molecule has 2 N–H and O–H groups in total. The fraction of sp³-hybridized carbons (Fsp3) is 0.367. The summed E-state index contributed by atoms with van der Waals surface area (Å²) < 4.78 is 11.0. The van der Waals surface area contributed by atoms with Gasteiger partial charge in [0.05, 0.1) is 43.8 Å². The molecule has 1 atom stereocenters. The maximum Gasteiger partial charge on any atom is 0.260 e. The van der Waals surface area contributed by atoms with Gasteiger partial charge in [-0.15, -0.1) is 0 Å². The van der Waals surface area contributed by atoms with Crippen molar-refractivity contribution in [2.24, 2.45) is 0 Å². The molecule has 9 heteroatoms. The van der Waals surface area contributed by atoms with Crippen LogP contribution in [0.4, 0.5) is 11.4 Å². The predicted molar refractivity (Wildman–Crippen MR) is 152 cm³/mol. The molecular weight excluding hydrogens is 514 g/mol. The summed E-state index contributed by atoms with van der Waals surface area (Å²) in [6.45, 7) is 4.23. The lowest BCUT2D eigenvalue weighted by molar-refractivity contribution is -0.137. The average molecular weight is 550 g/mol. The number of nitrogens with zero attached hydrogens (tertiary/aromatic N) is 3. The number of ether oxygens (including phenoxy) is 2. The normalized spacial score (nSPS) is 15.6. The maximum atomic E-state index is 12.3. The molecule has 3 aromatic rings. The Hall–Kier alpha value is -3.08. The molecule has 1 amide bonds. The van der Waals surface area contributed by atoms with Gasteiger partial charge in [-0.05, 0) is 42.0 Å². The first-order valence-corrected chi connectivity index (χ1v) is 14.1. The minimum atomic E-state index is -0.630. The Labute approximate surface area is 233 Å². The number of anilines is 2. The quantitative estimate of drug-likeness (QED) is 0.377. The number of morpholine rings is 1. The molecule has 0 spiro atoms. The number of aliphatic hydroxyl groups excluding tert-OH is 2. The van der Waals surface area contributed by atoms with E-state index >= 15 is 0 Å². The van der Waals surface area contributed by atoms with Crippen LogP contribution >= 0.6 is 11.8 Å². The van der Waals surface area contributed by atoms with Crippen LogP contribution in [0.1, 0.15) is 5.56 Å². The van der Waals surface area contributed by atoms with Crippen LogP contribution in [0.25, 0.3) is 0 Å². The molecule has 0 aliphatic carbocycles. The Bertz CT molecular complexity index is 1190. The highest BCUT2D eigenvalue weighted by Crippen LogP contribution is 2.47. The van der Waals surface area contributed by atoms with Gasteiger partial charge < -0.3 is 29.5 Å². The molecule has 3 aromatic carbocycles. The molecule has 2 aliphatic rings. The van der Waals surface area contributed by atoms with Gasteiger partial charge in [0.1, 0.15) is 5.75 Å². The summed E-state index contributed by atoms with van der Waals surface area (Å²) in [6.07, 6.45) is -0.630. The van der Waals surface area contributed by atoms with Crippen molar-refractivity contribution in [2.45, 2.75) is 22.4 Å². The van der Waals surface area contributed by atoms with Gasteiger partial charge in [0.2, 0.25) is 0 Å². The third-order valence-electron chi connectivity index (χ3n) is 6.87. The molecule has 39 heavy (non-hydrogen) atoms. The van der Waals surface area contributed by atoms with Gasteiger partial charge in [0, 0.05) is 42.5 Å². The Morgan fingerprint density at radius 2 is 1.62 bits per heavy atom. The van der Waals surface area contributed by atoms with Crippen molar-refractivity contribution in [3.63, 3.8) is 0 Å². The Kier molecular flexibility index (Phi) is 9.39. The molecule has 0 aromatic heterocycles. The number of benzene rings is 3. The number of rotatable bonds is 11. The number of hydrogen-bond acceptors (Lipinski definition) is 8. The Balaban J connectivity index is 1.18. The Morgan fingerprint density at radius 1 is 0.974 bits per heavy atom. The second kappa shape index (κ2) is 13.3. The van der Waals surface area contributed by atoms with Crippen molar-refractivity contribution in [1.29, 1.82) is 0 Å². The molecule has 2 aliphatic heterocycles. The van der Waals surface area contributed by atoms with Crippen LogP contribution in [0.5, 0.6) is 5.75 Å². The maximum absolute atomic E-state index is 12.3. The van der Waals surface area contributed by atoms with Gasteiger partial charge >= 0.3 is 0 Å². The first-order chi connectivity index (χ1) is 19.1. The van der Waals surface area contributed by atoms with E-state index in [4.69, 9.17) is 9.47 Å². The van der Waals surface area contributed by atoms with Crippen molar-refractivity contribution < 1.29 is 24.5 Å². The van der Waals surface area contributed by atoms with Crippen LogP contribution in [0.15, 0.2) is 82.6 Å². The molecule has 1 unspecified atom stereocenters. The van der Waals surface area contributed by atoms with Crippen LogP contribution < -0.4 is 9.64 Å². The van der Waals surface area contributed by atoms with E-state index in [2.05, 4.69) is 34.1 Å². The third kappa shape index (κ3) is 7.12. The summed E-state index contributed by atoms with van der Waals surface area (Å²) >= 11 is 1.75. The van der Waals surface area contributed by atoms with Gasteiger partial charge in [0.25, 0.3) is 5.91 Å². The number of hydrogen-bond donors (Lipinski definition) is 2. The highest BCUT2D eigenvalue weighted by molar-refractivity contribution is 7.99. The molecule has 0 radical (unpaired) electrons. The van der Waals surface area contributed by atoms with E-state index in [-0.39, 0.29) is 19.1 Å². The second-order valence-corrected chi connectivity index (χ2v) is 10.8. The largest absolute Gasteiger partial charge is 0.484 e. The lowest BCUT2D eigenvalue weighted by atomic mass is 10.1. The molecule has 0 bridgehead atoms. The molecule has 1 fully saturated rings. The van der Waals surface area contributed by atoms with E-state index in [0.717, 1.165) is 16.9 Å². The summed E-state index contributed by atoms with van der Waals surface area (Å²) in [6, 6.07) is 24.2. The van der Waals surface area contributed by atoms with Gasteiger partial charge in [-0.2, -0.15) is 0 Å². The zero-order valence-corrected chi connectivity index (χ0v) is 22.8. The minimum Gasteiger partial charge on any atom is -0.484 e. The van der Waals surface area contributed by atoms with Crippen LogP contribution in [0.2, 0.25) is 0 Å². The number of aliphatic hydroxyl groups is 2. The number of carbonyl (C=O) groups excluding carboxylic acids is 1. The SMILES string of the molecule is O=C(COc1ccc(CN(CCO)CC(O)CN2c3ccccc3Sc3ccccc32)cc1)N1CCOCC1. The smallest absolute Gasteiger partial charge is 0.260 e. The zero-order valence-electron chi connectivity index (χ0n) is 21.9. The van der Waals surface area contributed by atoms with Crippen LogP contribution in [0, 0.1) is 0 Å². The van der Waals surface area contributed by atoms with Crippen LogP contribution in [-0.2, 0) is 16.1 Å². The fourth-order valence-corrected chi connectivity index (χ4v) is 6.01. The molecule has 0 saturated carbocycles. The summed E-state index contributed by atoms with van der Waals surface area (Å²) in [5.41, 5.74) is 3.22. The second-order valence-electron chi connectivity index (χ2n) is 9.69. The van der Waals surface area contributed by atoms with Crippen molar-refractivity contribution >= 4 is 29.0 Å². The van der Waals surface area contributed by atoms with E-state index in [9.17, 15) is 15.0 Å². The van der Waals surface area contributed by atoms with Crippen LogP contribution in [0.3, 0.4) is 0 Å². The van der Waals surface area contributed by atoms with Crippen molar-refractivity contribution in [1.82, 2.24) is 9.80 Å². The van der Waals surface area contributed by atoms with E-state index in [1.54, 1.807) is 16.7 Å². The van der Waals surface area contributed by atoms with E-state index in [0.29, 0.717) is 58.2 Å². The summed E-state index contributed by atoms with van der Waals surface area (Å²) in [4.78, 5) is 20.7. The van der Waals surface area contributed by atoms with Gasteiger partial charge in [-0.3, -0.25) is 9.69 Å². The fourth-order valence-electron chi connectivity index (χ4n) is 4.92. The first kappa shape index (κ1) is 27.5. The topological polar surface area (TPSA) is 85.7 Å². The molecule has 206 valence electrons. The summed E-state index contributed by atoms with van der Waals surface area (Å²) in [5, 5.41) is 20.8. The molecule has 8 nitrogen and oxygen atoms in total. The number of β-amino-alcohol motifs (C(OH)–C–C–N with tert-alkyl or cyclic N) is 1. The lowest BCUT2D eigenvalue weighted by Crippen LogP contribution is -2.42. The molecule has 5 rings (SSSR count). The standard InChI is InChI=1S/C30H35N3O5S/c34-16-13-31(19-23-9-11-25(12-10-23)38-22-30(36)32-14-17-37-18-15-32)20-24(35)21-33-26-5-1-3-7-28(26)39-29-8-4-2-6-27(29)33/h1-12,24,34-35H,13-22H2. The summed E-state index contributed by atoms with van der Waals surface area (Å²) in [7, 11) is 0. The highest BCUT2D eigenvalue weighted by atomic mass is 32.2. The number of amides is 1. The molecule has 2 heterocycles. The van der Waals surface area contributed by atoms with E-state index in [1.807, 2.05) is 48.5 Å². The molecule has 1 saturated heterocycles. The third-order valence-corrected chi connectivity index (χ3v) is 8.00. The van der Waals surface area contributed by atoms with Crippen molar-refractivity contribution in [2.75, 3.05) is 64.1 Å². The number of fused-ring (bicyclic) bond motifs is 2. The van der Waals surface area contributed by atoms with Crippen molar-refractivity contribution in [3.05, 3.63) is 78.4 Å².